The van der Waals surface area contributed by atoms with Gasteiger partial charge in [0.05, 0.1) is 0 Å². The van der Waals surface area contributed by atoms with Crippen molar-refractivity contribution in [3.05, 3.63) is 16.1 Å². The molecule has 0 N–H and O–H groups in total. The van der Waals surface area contributed by atoms with Crippen LogP contribution in [0.25, 0.3) is 0 Å². The van der Waals surface area contributed by atoms with E-state index in [1.54, 1.807) is 17.3 Å². The molecule has 0 saturated carbocycles. The second-order valence-corrected chi connectivity index (χ2v) is 7.61. The van der Waals surface area contributed by atoms with Crippen molar-refractivity contribution in [1.29, 1.82) is 0 Å². The molecule has 0 aromatic carbocycles. The molecule has 7 heteroatoms. The Labute approximate surface area is 153 Å². The molecular weight excluding hydrogens is 340 g/mol. The van der Waals surface area contributed by atoms with Crippen LogP contribution in [0.15, 0.2) is 5.38 Å². The van der Waals surface area contributed by atoms with Crippen molar-refractivity contribution >= 4 is 30.0 Å². The zero-order valence-electron chi connectivity index (χ0n) is 15.6. The predicted molar refractivity (Wildman–Crippen MR) is 97.5 cm³/mol. The molecule has 0 bridgehead atoms. The third-order valence-electron chi connectivity index (χ3n) is 4.49. The van der Waals surface area contributed by atoms with Crippen molar-refractivity contribution in [3.63, 3.8) is 0 Å². The standard InChI is InChI=1S/C18H28N2O4S/c1-6-13(4)7-17(23)20(5)15(12(2)3)8-16(24-11-22)18-19-14(9-21)10-25-18/h9-13,15-16H,6-8H2,1-5H3/t13-,15+,16+/m0/s1. The molecule has 0 aliphatic heterocycles. The summed E-state index contributed by atoms with van der Waals surface area (Å²) >= 11 is 1.28. The Hall–Kier alpha value is -1.76. The number of hydrogen-bond donors (Lipinski definition) is 0. The van der Waals surface area contributed by atoms with Gasteiger partial charge in [0.1, 0.15) is 10.7 Å². The van der Waals surface area contributed by atoms with E-state index in [2.05, 4.69) is 18.8 Å². The van der Waals surface area contributed by atoms with Crippen LogP contribution in [0.2, 0.25) is 0 Å². The molecule has 6 nitrogen and oxygen atoms in total. The van der Waals surface area contributed by atoms with Gasteiger partial charge in [0.25, 0.3) is 6.47 Å². The summed E-state index contributed by atoms with van der Waals surface area (Å²) in [5.74, 6) is 0.610. The average Bonchev–Trinajstić information content (AvgIpc) is 3.06. The van der Waals surface area contributed by atoms with E-state index < -0.39 is 6.10 Å². The summed E-state index contributed by atoms with van der Waals surface area (Å²) in [4.78, 5) is 40.2. The number of rotatable bonds is 11. The Morgan fingerprint density at radius 3 is 2.52 bits per heavy atom. The molecule has 0 saturated heterocycles. The van der Waals surface area contributed by atoms with Gasteiger partial charge >= 0.3 is 0 Å². The molecule has 0 fully saturated rings. The van der Waals surface area contributed by atoms with Crippen molar-refractivity contribution in [1.82, 2.24) is 9.88 Å². The molecule has 0 unspecified atom stereocenters. The minimum absolute atomic E-state index is 0.0885. The molecule has 3 atom stereocenters. The van der Waals surface area contributed by atoms with E-state index in [0.717, 1.165) is 6.42 Å². The van der Waals surface area contributed by atoms with Crippen LogP contribution in [-0.2, 0) is 14.3 Å². The summed E-state index contributed by atoms with van der Waals surface area (Å²) in [6.45, 7) is 8.59. The molecule has 0 radical (unpaired) electrons. The van der Waals surface area contributed by atoms with Crippen LogP contribution in [0.4, 0.5) is 0 Å². The van der Waals surface area contributed by atoms with Gasteiger partial charge in [0.15, 0.2) is 12.4 Å². The fraction of sp³-hybridized carbons (Fsp3) is 0.667. The summed E-state index contributed by atoms with van der Waals surface area (Å²) in [7, 11) is 1.80. The second kappa shape index (κ2) is 10.3. The first-order valence-electron chi connectivity index (χ1n) is 8.59. The van der Waals surface area contributed by atoms with Crippen molar-refractivity contribution in [2.75, 3.05) is 7.05 Å². The molecule has 1 aromatic rings. The first-order valence-corrected chi connectivity index (χ1v) is 9.47. The van der Waals surface area contributed by atoms with E-state index in [1.807, 2.05) is 13.8 Å². The van der Waals surface area contributed by atoms with Crippen LogP contribution >= 0.6 is 11.3 Å². The van der Waals surface area contributed by atoms with E-state index >= 15 is 0 Å². The summed E-state index contributed by atoms with van der Waals surface area (Å²) in [5, 5.41) is 2.20. The topological polar surface area (TPSA) is 76.6 Å². The SMILES string of the molecule is CC[C@H](C)CC(=O)N(C)[C@H](C[C@@H](OC=O)c1nc(C=O)cs1)C(C)C. The van der Waals surface area contributed by atoms with Gasteiger partial charge in [-0.2, -0.15) is 0 Å². The smallest absolute Gasteiger partial charge is 0.293 e. The maximum atomic E-state index is 12.5. The summed E-state index contributed by atoms with van der Waals surface area (Å²) in [5.41, 5.74) is 0.321. The predicted octanol–water partition coefficient (Wildman–Crippen LogP) is 3.48. The zero-order valence-corrected chi connectivity index (χ0v) is 16.4. The number of amides is 1. The van der Waals surface area contributed by atoms with Crippen LogP contribution in [0.1, 0.15) is 68.6 Å². The molecule has 1 heterocycles. The Bertz CT molecular complexity index is 573. The quantitative estimate of drug-likeness (QED) is 0.559. The number of carbonyl (C=O) groups is 3. The summed E-state index contributed by atoms with van der Waals surface area (Å²) < 4.78 is 5.21. The van der Waals surface area contributed by atoms with Gasteiger partial charge in [-0.25, -0.2) is 4.98 Å². The normalized spacial score (nSPS) is 14.6. The lowest BCUT2D eigenvalue weighted by Gasteiger charge is -2.33. The monoisotopic (exact) mass is 368 g/mol. The highest BCUT2D eigenvalue weighted by Gasteiger charge is 2.29. The fourth-order valence-corrected chi connectivity index (χ4v) is 3.46. The highest BCUT2D eigenvalue weighted by molar-refractivity contribution is 7.09. The van der Waals surface area contributed by atoms with Gasteiger partial charge in [-0.3, -0.25) is 14.4 Å². The number of hydrogen-bond acceptors (Lipinski definition) is 6. The van der Waals surface area contributed by atoms with Crippen molar-refractivity contribution < 1.29 is 19.1 Å². The lowest BCUT2D eigenvalue weighted by Crippen LogP contribution is -2.42. The number of aldehydes is 1. The molecule has 25 heavy (non-hydrogen) atoms. The molecule has 0 aliphatic carbocycles. The van der Waals surface area contributed by atoms with Gasteiger partial charge < -0.3 is 9.64 Å². The largest absolute Gasteiger partial charge is 0.457 e. The molecular formula is C18H28N2O4S. The third kappa shape index (κ3) is 6.23. The molecule has 140 valence electrons. The number of thiazole rings is 1. The van der Waals surface area contributed by atoms with Gasteiger partial charge in [0, 0.05) is 31.3 Å². The van der Waals surface area contributed by atoms with Gasteiger partial charge in [-0.15, -0.1) is 11.3 Å². The minimum Gasteiger partial charge on any atom is -0.457 e. The lowest BCUT2D eigenvalue weighted by atomic mass is 9.95. The maximum absolute atomic E-state index is 12.5. The van der Waals surface area contributed by atoms with Crippen LogP contribution in [0, 0.1) is 11.8 Å². The van der Waals surface area contributed by atoms with Crippen LogP contribution < -0.4 is 0 Å². The van der Waals surface area contributed by atoms with Crippen LogP contribution in [0.3, 0.4) is 0 Å². The molecule has 1 aromatic heterocycles. The highest BCUT2D eigenvalue weighted by atomic mass is 32.1. The third-order valence-corrected chi connectivity index (χ3v) is 5.45. The first kappa shape index (κ1) is 21.3. The average molecular weight is 368 g/mol. The Kier molecular flexibility index (Phi) is 8.75. The molecule has 1 rings (SSSR count). The Morgan fingerprint density at radius 1 is 1.36 bits per heavy atom. The number of aromatic nitrogens is 1. The number of nitrogens with zero attached hydrogens (tertiary/aromatic N) is 2. The van der Waals surface area contributed by atoms with Crippen LogP contribution in [0.5, 0.6) is 0 Å². The van der Waals surface area contributed by atoms with E-state index in [1.165, 1.54) is 11.3 Å². The van der Waals surface area contributed by atoms with Crippen molar-refractivity contribution in [2.45, 2.75) is 59.1 Å². The maximum Gasteiger partial charge on any atom is 0.293 e. The van der Waals surface area contributed by atoms with E-state index in [4.69, 9.17) is 4.74 Å². The summed E-state index contributed by atoms with van der Waals surface area (Å²) in [6, 6.07) is -0.0925. The van der Waals surface area contributed by atoms with E-state index in [0.29, 0.717) is 42.2 Å². The van der Waals surface area contributed by atoms with Crippen LogP contribution in [-0.4, -0.2) is 41.6 Å². The van der Waals surface area contributed by atoms with Crippen molar-refractivity contribution in [3.8, 4) is 0 Å². The molecule has 1 amide bonds. The number of ether oxygens (including phenoxy) is 1. The molecule has 0 aliphatic rings. The molecule has 0 spiro atoms. The number of carbonyl (C=O) groups excluding carboxylic acids is 3. The zero-order chi connectivity index (χ0) is 19.0. The van der Waals surface area contributed by atoms with E-state index in [9.17, 15) is 14.4 Å². The van der Waals surface area contributed by atoms with Crippen molar-refractivity contribution in [2.24, 2.45) is 11.8 Å². The lowest BCUT2D eigenvalue weighted by molar-refractivity contribution is -0.137. The second-order valence-electron chi connectivity index (χ2n) is 6.72. The Balaban J connectivity index is 2.93. The van der Waals surface area contributed by atoms with Gasteiger partial charge in [-0.1, -0.05) is 34.1 Å². The van der Waals surface area contributed by atoms with E-state index in [-0.39, 0.29) is 17.9 Å². The highest BCUT2D eigenvalue weighted by Crippen LogP contribution is 2.29. The van der Waals surface area contributed by atoms with Gasteiger partial charge in [0.2, 0.25) is 5.91 Å². The minimum atomic E-state index is -0.567. The first-order chi connectivity index (χ1) is 11.8. The fourth-order valence-electron chi connectivity index (χ4n) is 2.65. The van der Waals surface area contributed by atoms with Gasteiger partial charge in [-0.05, 0) is 11.8 Å². The summed E-state index contributed by atoms with van der Waals surface area (Å²) in [6.07, 6.45) is 2.01. The Morgan fingerprint density at radius 2 is 2.04 bits per heavy atom.